The number of guanidine groups is 1. The molecule has 1 aromatic carbocycles. The van der Waals surface area contributed by atoms with Gasteiger partial charge in [-0.3, -0.25) is 9.62 Å². The van der Waals surface area contributed by atoms with Gasteiger partial charge in [0.1, 0.15) is 0 Å². The van der Waals surface area contributed by atoms with Gasteiger partial charge in [-0.1, -0.05) is 31.0 Å². The zero-order valence-corrected chi connectivity index (χ0v) is 20.5. The van der Waals surface area contributed by atoms with E-state index in [9.17, 15) is 8.42 Å². The van der Waals surface area contributed by atoms with E-state index in [-0.39, 0.29) is 24.0 Å². The first-order valence-corrected chi connectivity index (χ1v) is 12.2. The summed E-state index contributed by atoms with van der Waals surface area (Å²) in [7, 11) is -3.32. The van der Waals surface area contributed by atoms with Gasteiger partial charge in [0.05, 0.1) is 18.5 Å². The molecule has 1 unspecified atom stereocenters. The maximum absolute atomic E-state index is 11.6. The van der Waals surface area contributed by atoms with Crippen molar-refractivity contribution in [2.75, 3.05) is 30.6 Å². The van der Waals surface area contributed by atoms with Gasteiger partial charge in [0, 0.05) is 31.7 Å². The molecule has 1 aliphatic carbocycles. The zero-order valence-electron chi connectivity index (χ0n) is 17.4. The largest absolute Gasteiger partial charge is 0.357 e. The maximum Gasteiger partial charge on any atom is 0.229 e. The molecule has 1 heterocycles. The lowest BCUT2D eigenvalue weighted by atomic mass is 10.2. The van der Waals surface area contributed by atoms with Crippen molar-refractivity contribution in [1.82, 2.24) is 15.5 Å². The van der Waals surface area contributed by atoms with E-state index in [1.54, 1.807) is 6.07 Å². The fraction of sp³-hybridized carbons (Fsp3) is 0.650. The summed E-state index contributed by atoms with van der Waals surface area (Å²) in [6, 6.07) is 8.55. The second-order valence-corrected chi connectivity index (χ2v) is 9.54. The fourth-order valence-electron chi connectivity index (χ4n) is 4.14. The van der Waals surface area contributed by atoms with E-state index in [4.69, 9.17) is 4.99 Å². The van der Waals surface area contributed by atoms with Gasteiger partial charge < -0.3 is 10.6 Å². The van der Waals surface area contributed by atoms with Crippen LogP contribution in [0.25, 0.3) is 0 Å². The number of nitrogens with zero attached hydrogens (tertiary/aromatic N) is 2. The Bertz CT molecular complexity index is 781. The van der Waals surface area contributed by atoms with Crippen molar-refractivity contribution >= 4 is 45.6 Å². The van der Waals surface area contributed by atoms with Crippen LogP contribution in [0.1, 0.15) is 44.6 Å². The number of benzene rings is 1. The summed E-state index contributed by atoms with van der Waals surface area (Å²) in [5, 5.41) is 6.88. The minimum Gasteiger partial charge on any atom is -0.357 e. The molecule has 2 aliphatic rings. The molecule has 1 aliphatic heterocycles. The normalized spacial score (nSPS) is 21.0. The number of anilines is 1. The van der Waals surface area contributed by atoms with Gasteiger partial charge in [-0.15, -0.1) is 24.0 Å². The van der Waals surface area contributed by atoms with Crippen LogP contribution in [0.15, 0.2) is 29.3 Å². The summed E-state index contributed by atoms with van der Waals surface area (Å²) in [6.45, 7) is 5.47. The molecule has 9 heteroatoms. The van der Waals surface area contributed by atoms with Gasteiger partial charge in [0.2, 0.25) is 10.0 Å². The lowest BCUT2D eigenvalue weighted by molar-refractivity contribution is 0.242. The van der Waals surface area contributed by atoms with Gasteiger partial charge in [0.25, 0.3) is 0 Å². The molecule has 1 saturated carbocycles. The first-order valence-electron chi connectivity index (χ1n) is 10.3. The lowest BCUT2D eigenvalue weighted by Gasteiger charge is -2.24. The first-order chi connectivity index (χ1) is 13.4. The molecule has 3 N–H and O–H groups in total. The van der Waals surface area contributed by atoms with E-state index in [2.05, 4.69) is 27.2 Å². The van der Waals surface area contributed by atoms with E-state index in [1.165, 1.54) is 25.7 Å². The average molecular weight is 535 g/mol. The summed E-state index contributed by atoms with van der Waals surface area (Å²) in [4.78, 5) is 7.33. The monoisotopic (exact) mass is 535 g/mol. The maximum atomic E-state index is 11.6. The molecule has 2 fully saturated rings. The van der Waals surface area contributed by atoms with Crippen molar-refractivity contribution in [3.63, 3.8) is 0 Å². The first kappa shape index (κ1) is 24.2. The molecule has 7 nitrogen and oxygen atoms in total. The van der Waals surface area contributed by atoms with E-state index in [1.807, 2.05) is 18.2 Å². The number of aliphatic imine (C=N–C) groups is 1. The van der Waals surface area contributed by atoms with Gasteiger partial charge in [-0.2, -0.15) is 0 Å². The molecule has 0 spiro atoms. The van der Waals surface area contributed by atoms with E-state index < -0.39 is 10.0 Å². The molecule has 1 aromatic rings. The topological polar surface area (TPSA) is 85.8 Å². The summed E-state index contributed by atoms with van der Waals surface area (Å²) in [5.41, 5.74) is 1.43. The predicted molar refractivity (Wildman–Crippen MR) is 131 cm³/mol. The van der Waals surface area contributed by atoms with Crippen molar-refractivity contribution in [3.05, 3.63) is 29.8 Å². The van der Waals surface area contributed by atoms with Crippen LogP contribution in [0.5, 0.6) is 0 Å². The second kappa shape index (κ2) is 11.4. The van der Waals surface area contributed by atoms with Crippen LogP contribution >= 0.6 is 24.0 Å². The van der Waals surface area contributed by atoms with Crippen LogP contribution in [0.4, 0.5) is 5.69 Å². The molecule has 1 atom stereocenters. The number of rotatable bonds is 7. The summed E-state index contributed by atoms with van der Waals surface area (Å²) < 4.78 is 25.7. The Balaban J connectivity index is 0.00000300. The van der Waals surface area contributed by atoms with Gasteiger partial charge in [-0.25, -0.2) is 13.4 Å². The van der Waals surface area contributed by atoms with E-state index in [0.29, 0.717) is 18.3 Å². The Hall–Kier alpha value is -1.07. The third-order valence-corrected chi connectivity index (χ3v) is 6.06. The third kappa shape index (κ3) is 7.60. The highest BCUT2D eigenvalue weighted by Crippen LogP contribution is 2.26. The molecule has 164 valence electrons. The Morgan fingerprint density at radius 3 is 2.62 bits per heavy atom. The summed E-state index contributed by atoms with van der Waals surface area (Å²) >= 11 is 0. The average Bonchev–Trinajstić information content (AvgIpc) is 3.31. The molecule has 3 rings (SSSR count). The van der Waals surface area contributed by atoms with Gasteiger partial charge in [0.15, 0.2) is 5.96 Å². The number of hydrogen-bond acceptors (Lipinski definition) is 4. The highest BCUT2D eigenvalue weighted by atomic mass is 127. The SMILES string of the molecule is CCNC(=NCc1ccccc1NS(C)(=O)=O)NC1CCN(C2CCCC2)C1.I. The number of likely N-dealkylation sites (tertiary alicyclic amines) is 1. The zero-order chi connectivity index (χ0) is 20.0. The highest BCUT2D eigenvalue weighted by Gasteiger charge is 2.30. The molecular weight excluding hydrogens is 501 g/mol. The molecule has 0 amide bonds. The smallest absolute Gasteiger partial charge is 0.229 e. The molecular formula is C20H34IN5O2S. The van der Waals surface area contributed by atoms with Gasteiger partial charge in [-0.05, 0) is 37.8 Å². The van der Waals surface area contributed by atoms with Crippen LogP contribution in [0, 0.1) is 0 Å². The van der Waals surface area contributed by atoms with Crippen molar-refractivity contribution < 1.29 is 8.42 Å². The Morgan fingerprint density at radius 1 is 1.21 bits per heavy atom. The molecule has 29 heavy (non-hydrogen) atoms. The molecule has 0 aromatic heterocycles. The van der Waals surface area contributed by atoms with Gasteiger partial charge >= 0.3 is 0 Å². The lowest BCUT2D eigenvalue weighted by Crippen LogP contribution is -2.45. The van der Waals surface area contributed by atoms with Crippen LogP contribution in [0.3, 0.4) is 0 Å². The van der Waals surface area contributed by atoms with Crippen LogP contribution in [0.2, 0.25) is 0 Å². The summed E-state index contributed by atoms with van der Waals surface area (Å²) in [5.74, 6) is 0.787. The second-order valence-electron chi connectivity index (χ2n) is 7.79. The number of halogens is 1. The van der Waals surface area contributed by atoms with E-state index >= 15 is 0 Å². The number of nitrogens with one attached hydrogen (secondary N) is 3. The van der Waals surface area contributed by atoms with Crippen LogP contribution in [-0.2, 0) is 16.6 Å². The number of para-hydroxylation sites is 1. The number of sulfonamides is 1. The molecule has 0 bridgehead atoms. The quantitative estimate of drug-likeness (QED) is 0.284. The third-order valence-electron chi connectivity index (χ3n) is 5.47. The minimum absolute atomic E-state index is 0. The Morgan fingerprint density at radius 2 is 1.93 bits per heavy atom. The minimum atomic E-state index is -3.32. The molecule has 1 saturated heterocycles. The fourth-order valence-corrected chi connectivity index (χ4v) is 4.74. The standard InChI is InChI=1S/C20H33N5O2S.HI/c1-3-21-20(23-17-12-13-25(15-17)18-9-5-6-10-18)22-14-16-8-4-7-11-19(16)24-28(2,26)27;/h4,7-8,11,17-18,24H,3,5-6,9-10,12-15H2,1-2H3,(H2,21,22,23);1H. The number of hydrogen-bond donors (Lipinski definition) is 3. The Kier molecular flexibility index (Phi) is 9.48. The van der Waals surface area contributed by atoms with E-state index in [0.717, 1.165) is 49.9 Å². The Labute approximate surface area is 192 Å². The predicted octanol–water partition coefficient (Wildman–Crippen LogP) is 2.75. The van der Waals surface area contributed by atoms with Crippen molar-refractivity contribution in [2.24, 2.45) is 4.99 Å². The van der Waals surface area contributed by atoms with Crippen LogP contribution in [-0.4, -0.2) is 57.3 Å². The van der Waals surface area contributed by atoms with Crippen molar-refractivity contribution in [2.45, 2.75) is 57.7 Å². The highest BCUT2D eigenvalue weighted by molar-refractivity contribution is 14.0. The van der Waals surface area contributed by atoms with Crippen molar-refractivity contribution in [3.8, 4) is 0 Å². The van der Waals surface area contributed by atoms with Crippen LogP contribution < -0.4 is 15.4 Å². The van der Waals surface area contributed by atoms with Crippen molar-refractivity contribution in [1.29, 1.82) is 0 Å². The molecule has 0 radical (unpaired) electrons. The summed E-state index contributed by atoms with van der Waals surface area (Å²) in [6.07, 6.45) is 7.70.